The molecule has 2 nitrogen and oxygen atoms in total. The van der Waals surface area contributed by atoms with Crippen LogP contribution in [0.15, 0.2) is 0 Å². The second-order valence-electron chi connectivity index (χ2n) is 4.67. The van der Waals surface area contributed by atoms with Gasteiger partial charge in [-0.25, -0.2) is 0 Å². The van der Waals surface area contributed by atoms with Crippen LogP contribution in [0.5, 0.6) is 0 Å². The molecule has 2 N–H and O–H groups in total. The van der Waals surface area contributed by atoms with Gasteiger partial charge in [0, 0.05) is 12.3 Å². The molecule has 0 aliphatic rings. The van der Waals surface area contributed by atoms with Gasteiger partial charge in [-0.15, -0.1) is 0 Å². The second kappa shape index (κ2) is 11.7. The van der Waals surface area contributed by atoms with E-state index in [0.29, 0.717) is 0 Å². The lowest BCUT2D eigenvalue weighted by Gasteiger charge is -2.19. The standard InChI is InChI=1S/C13H30N2S/c1-4-6-13(8-9-14)7-5-10-15(2)11-12-16-3/h13H,4-12,14H2,1-3H3. The summed E-state index contributed by atoms with van der Waals surface area (Å²) < 4.78 is 0. The molecule has 16 heavy (non-hydrogen) atoms. The van der Waals surface area contributed by atoms with E-state index < -0.39 is 0 Å². The van der Waals surface area contributed by atoms with Crippen LogP contribution in [0.25, 0.3) is 0 Å². The minimum atomic E-state index is 0.854. The van der Waals surface area contributed by atoms with Crippen molar-refractivity contribution in [3.8, 4) is 0 Å². The largest absolute Gasteiger partial charge is 0.330 e. The molecule has 0 bridgehead atoms. The monoisotopic (exact) mass is 246 g/mol. The highest BCUT2D eigenvalue weighted by Crippen LogP contribution is 2.16. The predicted octanol–water partition coefficient (Wildman–Crippen LogP) is 2.83. The number of hydrogen-bond donors (Lipinski definition) is 1. The van der Waals surface area contributed by atoms with Crippen LogP contribution in [0.1, 0.15) is 39.0 Å². The number of thioether (sulfide) groups is 1. The Morgan fingerprint density at radius 2 is 1.94 bits per heavy atom. The quantitative estimate of drug-likeness (QED) is 0.608. The van der Waals surface area contributed by atoms with Crippen LogP contribution in [0.4, 0.5) is 0 Å². The molecule has 0 radical (unpaired) electrons. The zero-order valence-corrected chi connectivity index (χ0v) is 12.2. The first kappa shape index (κ1) is 16.3. The summed E-state index contributed by atoms with van der Waals surface area (Å²) >= 11 is 1.93. The maximum atomic E-state index is 5.64. The first-order valence-electron chi connectivity index (χ1n) is 6.62. The van der Waals surface area contributed by atoms with Gasteiger partial charge in [-0.1, -0.05) is 19.8 Å². The SMILES string of the molecule is CCCC(CCN)CCCN(C)CCSC. The Balaban J connectivity index is 3.51. The van der Waals surface area contributed by atoms with Crippen LogP contribution in [0.3, 0.4) is 0 Å². The summed E-state index contributed by atoms with van der Waals surface area (Å²) in [5.41, 5.74) is 5.64. The third kappa shape index (κ3) is 9.49. The third-order valence-electron chi connectivity index (χ3n) is 3.10. The van der Waals surface area contributed by atoms with E-state index in [4.69, 9.17) is 5.73 Å². The fraction of sp³-hybridized carbons (Fsp3) is 1.00. The maximum absolute atomic E-state index is 5.64. The van der Waals surface area contributed by atoms with Gasteiger partial charge in [0.05, 0.1) is 0 Å². The van der Waals surface area contributed by atoms with Crippen molar-refractivity contribution in [3.05, 3.63) is 0 Å². The van der Waals surface area contributed by atoms with Gasteiger partial charge in [0.2, 0.25) is 0 Å². The highest BCUT2D eigenvalue weighted by molar-refractivity contribution is 7.98. The Bertz CT molecular complexity index is 136. The summed E-state index contributed by atoms with van der Waals surface area (Å²) in [5, 5.41) is 0. The van der Waals surface area contributed by atoms with Gasteiger partial charge in [-0.3, -0.25) is 0 Å². The van der Waals surface area contributed by atoms with Crippen molar-refractivity contribution >= 4 is 11.8 Å². The summed E-state index contributed by atoms with van der Waals surface area (Å²) in [7, 11) is 2.23. The highest BCUT2D eigenvalue weighted by atomic mass is 32.2. The van der Waals surface area contributed by atoms with E-state index >= 15 is 0 Å². The van der Waals surface area contributed by atoms with Crippen molar-refractivity contribution in [3.63, 3.8) is 0 Å². The fourth-order valence-corrected chi connectivity index (χ4v) is 2.58. The molecule has 0 saturated carbocycles. The molecule has 0 aromatic carbocycles. The summed E-state index contributed by atoms with van der Waals surface area (Å²) in [6.07, 6.45) is 8.72. The predicted molar refractivity (Wildman–Crippen MR) is 77.2 cm³/mol. The minimum Gasteiger partial charge on any atom is -0.330 e. The van der Waals surface area contributed by atoms with Crippen molar-refractivity contribution in [2.75, 3.05) is 38.7 Å². The maximum Gasteiger partial charge on any atom is 0.00692 e. The van der Waals surface area contributed by atoms with Crippen molar-refractivity contribution in [2.24, 2.45) is 11.7 Å². The lowest BCUT2D eigenvalue weighted by Crippen LogP contribution is -2.23. The second-order valence-corrected chi connectivity index (χ2v) is 5.66. The number of hydrogen-bond acceptors (Lipinski definition) is 3. The molecule has 0 amide bonds. The lowest BCUT2D eigenvalue weighted by atomic mass is 9.94. The van der Waals surface area contributed by atoms with Crippen LogP contribution in [0.2, 0.25) is 0 Å². The van der Waals surface area contributed by atoms with E-state index in [9.17, 15) is 0 Å². The Hall–Kier alpha value is 0.270. The molecule has 1 atom stereocenters. The Labute approximate surface area is 106 Å². The topological polar surface area (TPSA) is 29.3 Å². The van der Waals surface area contributed by atoms with Crippen LogP contribution in [-0.4, -0.2) is 43.6 Å². The fourth-order valence-electron chi connectivity index (χ4n) is 2.09. The first-order chi connectivity index (χ1) is 7.74. The Kier molecular flexibility index (Phi) is 11.9. The summed E-state index contributed by atoms with van der Waals surface area (Å²) in [6, 6.07) is 0. The van der Waals surface area contributed by atoms with Crippen LogP contribution < -0.4 is 5.73 Å². The smallest absolute Gasteiger partial charge is 0.00692 e. The van der Waals surface area contributed by atoms with Gasteiger partial charge >= 0.3 is 0 Å². The molecule has 0 aromatic heterocycles. The van der Waals surface area contributed by atoms with Crippen LogP contribution in [0, 0.1) is 5.92 Å². The van der Waals surface area contributed by atoms with Gasteiger partial charge in [-0.05, 0) is 51.6 Å². The zero-order chi connectivity index (χ0) is 12.2. The molecular weight excluding hydrogens is 216 g/mol. The average Bonchev–Trinajstić information content (AvgIpc) is 2.27. The van der Waals surface area contributed by atoms with Gasteiger partial charge < -0.3 is 10.6 Å². The summed E-state index contributed by atoms with van der Waals surface area (Å²) in [4.78, 5) is 2.45. The zero-order valence-electron chi connectivity index (χ0n) is 11.4. The molecule has 0 aromatic rings. The van der Waals surface area contributed by atoms with Crippen molar-refractivity contribution in [1.82, 2.24) is 4.90 Å². The van der Waals surface area contributed by atoms with Gasteiger partial charge in [-0.2, -0.15) is 11.8 Å². The molecule has 0 heterocycles. The van der Waals surface area contributed by atoms with E-state index in [2.05, 4.69) is 25.1 Å². The normalized spacial score (nSPS) is 13.3. The molecule has 1 unspecified atom stereocenters. The molecule has 98 valence electrons. The van der Waals surface area contributed by atoms with E-state index in [0.717, 1.165) is 12.5 Å². The van der Waals surface area contributed by atoms with E-state index in [-0.39, 0.29) is 0 Å². The van der Waals surface area contributed by atoms with E-state index in [1.54, 1.807) is 0 Å². The molecule has 0 spiro atoms. The molecule has 0 saturated heterocycles. The molecule has 0 aliphatic heterocycles. The van der Waals surface area contributed by atoms with Crippen molar-refractivity contribution < 1.29 is 0 Å². The van der Waals surface area contributed by atoms with Gasteiger partial charge in [0.1, 0.15) is 0 Å². The van der Waals surface area contributed by atoms with Crippen molar-refractivity contribution in [1.29, 1.82) is 0 Å². The van der Waals surface area contributed by atoms with Crippen LogP contribution in [-0.2, 0) is 0 Å². The molecule has 0 rings (SSSR count). The summed E-state index contributed by atoms with van der Waals surface area (Å²) in [5.74, 6) is 2.11. The number of nitrogens with zero attached hydrogens (tertiary/aromatic N) is 1. The summed E-state index contributed by atoms with van der Waals surface area (Å²) in [6.45, 7) is 5.59. The van der Waals surface area contributed by atoms with E-state index in [1.165, 1.54) is 50.9 Å². The third-order valence-corrected chi connectivity index (χ3v) is 3.69. The molecule has 0 fully saturated rings. The molecule has 0 aliphatic carbocycles. The van der Waals surface area contributed by atoms with Crippen LogP contribution >= 0.6 is 11.8 Å². The lowest BCUT2D eigenvalue weighted by molar-refractivity contribution is 0.318. The number of rotatable bonds is 11. The van der Waals surface area contributed by atoms with Crippen molar-refractivity contribution in [2.45, 2.75) is 39.0 Å². The van der Waals surface area contributed by atoms with Gasteiger partial charge in [0.15, 0.2) is 0 Å². The average molecular weight is 246 g/mol. The van der Waals surface area contributed by atoms with Gasteiger partial charge in [0.25, 0.3) is 0 Å². The highest BCUT2D eigenvalue weighted by Gasteiger charge is 2.07. The number of nitrogens with two attached hydrogens (primary N) is 1. The Morgan fingerprint density at radius 1 is 1.19 bits per heavy atom. The first-order valence-corrected chi connectivity index (χ1v) is 8.01. The molecule has 3 heteroatoms. The Morgan fingerprint density at radius 3 is 2.50 bits per heavy atom. The van der Waals surface area contributed by atoms with E-state index in [1.807, 2.05) is 11.8 Å². The molecular formula is C13H30N2S. The minimum absolute atomic E-state index is 0.854.